The number of ether oxygens (including phenoxy) is 2. The van der Waals surface area contributed by atoms with Crippen molar-refractivity contribution >= 4 is 5.91 Å². The molecule has 1 rings (SSSR count). The van der Waals surface area contributed by atoms with E-state index in [4.69, 9.17) is 9.47 Å². The highest BCUT2D eigenvalue weighted by atomic mass is 16.5. The van der Waals surface area contributed by atoms with Gasteiger partial charge in [-0.1, -0.05) is 13.0 Å². The van der Waals surface area contributed by atoms with E-state index in [0.29, 0.717) is 17.9 Å². The molecule has 0 radical (unpaired) electrons. The minimum atomic E-state index is -0.498. The van der Waals surface area contributed by atoms with Gasteiger partial charge in [-0.05, 0) is 12.5 Å². The van der Waals surface area contributed by atoms with E-state index in [0.717, 1.165) is 5.56 Å². The summed E-state index contributed by atoms with van der Waals surface area (Å²) in [5.74, 6) is 1.16. The number of aliphatic hydroxyl groups is 1. The van der Waals surface area contributed by atoms with Crippen LogP contribution in [0.25, 0.3) is 0 Å². The molecule has 0 aliphatic carbocycles. The summed E-state index contributed by atoms with van der Waals surface area (Å²) >= 11 is 0. The van der Waals surface area contributed by atoms with E-state index in [1.165, 1.54) is 0 Å². The van der Waals surface area contributed by atoms with Gasteiger partial charge in [0.05, 0.1) is 26.7 Å². The van der Waals surface area contributed by atoms with Gasteiger partial charge >= 0.3 is 0 Å². The van der Waals surface area contributed by atoms with Crippen molar-refractivity contribution in [3.8, 4) is 11.5 Å². The van der Waals surface area contributed by atoms with Crippen LogP contribution in [-0.2, 0) is 11.2 Å². The standard InChI is InChI=1S/C14H21NO4/c1-4-11(16)9-15-14(17)7-10-5-6-12(18-2)8-13(10)19-3/h5-6,8,11,16H,4,7,9H2,1-3H3,(H,15,17). The van der Waals surface area contributed by atoms with Crippen molar-refractivity contribution in [2.24, 2.45) is 0 Å². The Bertz CT molecular complexity index is 420. The van der Waals surface area contributed by atoms with E-state index in [1.807, 2.05) is 6.92 Å². The van der Waals surface area contributed by atoms with Gasteiger partial charge in [-0.15, -0.1) is 0 Å². The molecule has 5 nitrogen and oxygen atoms in total. The average Bonchev–Trinajstić information content (AvgIpc) is 2.45. The molecule has 0 saturated carbocycles. The highest BCUT2D eigenvalue weighted by molar-refractivity contribution is 5.79. The van der Waals surface area contributed by atoms with Crippen LogP contribution in [0.1, 0.15) is 18.9 Å². The third-order valence-corrected chi connectivity index (χ3v) is 2.85. The van der Waals surface area contributed by atoms with Gasteiger partial charge in [0, 0.05) is 18.2 Å². The lowest BCUT2D eigenvalue weighted by Gasteiger charge is -2.12. The van der Waals surface area contributed by atoms with E-state index >= 15 is 0 Å². The fraction of sp³-hybridized carbons (Fsp3) is 0.500. The maximum Gasteiger partial charge on any atom is 0.224 e. The number of amides is 1. The van der Waals surface area contributed by atoms with Gasteiger partial charge < -0.3 is 19.9 Å². The second-order valence-electron chi connectivity index (χ2n) is 4.22. The summed E-state index contributed by atoms with van der Waals surface area (Å²) in [6, 6.07) is 5.32. The topological polar surface area (TPSA) is 67.8 Å². The Hall–Kier alpha value is -1.75. The summed E-state index contributed by atoms with van der Waals surface area (Å²) in [5.41, 5.74) is 0.784. The van der Waals surface area contributed by atoms with Crippen LogP contribution in [0.5, 0.6) is 11.5 Å². The van der Waals surface area contributed by atoms with Crippen molar-refractivity contribution in [3.63, 3.8) is 0 Å². The quantitative estimate of drug-likeness (QED) is 0.777. The highest BCUT2D eigenvalue weighted by Gasteiger charge is 2.11. The van der Waals surface area contributed by atoms with Crippen molar-refractivity contribution in [1.82, 2.24) is 5.32 Å². The predicted octanol–water partition coefficient (Wildman–Crippen LogP) is 1.13. The number of carbonyl (C=O) groups excluding carboxylic acids is 1. The summed E-state index contributed by atoms with van der Waals surface area (Å²) in [6.45, 7) is 2.14. The molecule has 1 atom stereocenters. The zero-order chi connectivity index (χ0) is 14.3. The number of carbonyl (C=O) groups is 1. The molecule has 0 fully saturated rings. The van der Waals surface area contributed by atoms with E-state index in [-0.39, 0.29) is 18.9 Å². The first kappa shape index (κ1) is 15.3. The Kier molecular flexibility index (Phi) is 6.15. The van der Waals surface area contributed by atoms with Crippen molar-refractivity contribution < 1.29 is 19.4 Å². The summed E-state index contributed by atoms with van der Waals surface area (Å²) in [6.07, 6.45) is 0.331. The summed E-state index contributed by atoms with van der Waals surface area (Å²) in [7, 11) is 3.13. The van der Waals surface area contributed by atoms with E-state index in [2.05, 4.69) is 5.32 Å². The molecule has 0 aromatic heterocycles. The monoisotopic (exact) mass is 267 g/mol. The van der Waals surface area contributed by atoms with Gasteiger partial charge in [0.2, 0.25) is 5.91 Å². The van der Waals surface area contributed by atoms with Gasteiger partial charge in [0.15, 0.2) is 0 Å². The SMILES string of the molecule is CCC(O)CNC(=O)Cc1ccc(OC)cc1OC. The Labute approximate surface area is 113 Å². The Morgan fingerprint density at radius 1 is 1.37 bits per heavy atom. The van der Waals surface area contributed by atoms with Crippen LogP contribution in [0.2, 0.25) is 0 Å². The maximum absolute atomic E-state index is 11.7. The first-order chi connectivity index (χ1) is 9.10. The number of hydrogen-bond donors (Lipinski definition) is 2. The zero-order valence-electron chi connectivity index (χ0n) is 11.6. The smallest absolute Gasteiger partial charge is 0.224 e. The molecule has 5 heteroatoms. The molecule has 19 heavy (non-hydrogen) atoms. The Morgan fingerprint density at radius 2 is 2.11 bits per heavy atom. The molecular weight excluding hydrogens is 246 g/mol. The fourth-order valence-electron chi connectivity index (χ4n) is 1.61. The molecule has 0 aliphatic heterocycles. The van der Waals surface area contributed by atoms with E-state index < -0.39 is 6.10 Å². The first-order valence-electron chi connectivity index (χ1n) is 6.26. The van der Waals surface area contributed by atoms with Gasteiger partial charge in [0.25, 0.3) is 0 Å². The van der Waals surface area contributed by atoms with Crippen molar-refractivity contribution in [1.29, 1.82) is 0 Å². The number of benzene rings is 1. The molecule has 1 aromatic rings. The van der Waals surface area contributed by atoms with Crippen molar-refractivity contribution in [2.45, 2.75) is 25.9 Å². The number of nitrogens with one attached hydrogen (secondary N) is 1. The van der Waals surface area contributed by atoms with Crippen molar-refractivity contribution in [3.05, 3.63) is 23.8 Å². The zero-order valence-corrected chi connectivity index (χ0v) is 11.6. The van der Waals surface area contributed by atoms with E-state index in [9.17, 15) is 9.90 Å². The van der Waals surface area contributed by atoms with E-state index in [1.54, 1.807) is 32.4 Å². The summed E-state index contributed by atoms with van der Waals surface area (Å²) < 4.78 is 10.3. The molecule has 1 aromatic carbocycles. The molecule has 2 N–H and O–H groups in total. The second-order valence-corrected chi connectivity index (χ2v) is 4.22. The third-order valence-electron chi connectivity index (χ3n) is 2.85. The molecule has 0 aliphatic rings. The molecular formula is C14H21NO4. The Balaban J connectivity index is 2.63. The molecule has 0 heterocycles. The number of hydrogen-bond acceptors (Lipinski definition) is 4. The lowest BCUT2D eigenvalue weighted by atomic mass is 10.1. The Morgan fingerprint density at radius 3 is 2.68 bits per heavy atom. The average molecular weight is 267 g/mol. The second kappa shape index (κ2) is 7.63. The van der Waals surface area contributed by atoms with Gasteiger partial charge in [-0.2, -0.15) is 0 Å². The maximum atomic E-state index is 11.7. The lowest BCUT2D eigenvalue weighted by molar-refractivity contribution is -0.120. The van der Waals surface area contributed by atoms with Gasteiger partial charge in [-0.3, -0.25) is 4.79 Å². The normalized spacial score (nSPS) is 11.8. The summed E-state index contributed by atoms with van der Waals surface area (Å²) in [5, 5.41) is 12.1. The predicted molar refractivity (Wildman–Crippen MR) is 72.6 cm³/mol. The van der Waals surface area contributed by atoms with Gasteiger partial charge in [-0.25, -0.2) is 0 Å². The van der Waals surface area contributed by atoms with Crippen molar-refractivity contribution in [2.75, 3.05) is 20.8 Å². The molecule has 0 saturated heterocycles. The minimum Gasteiger partial charge on any atom is -0.497 e. The summed E-state index contributed by atoms with van der Waals surface area (Å²) in [4.78, 5) is 11.7. The minimum absolute atomic E-state index is 0.143. The third kappa shape index (κ3) is 4.79. The largest absolute Gasteiger partial charge is 0.497 e. The van der Waals surface area contributed by atoms with Crippen LogP contribution in [0.3, 0.4) is 0 Å². The number of aliphatic hydroxyl groups excluding tert-OH is 1. The van der Waals surface area contributed by atoms with Crippen LogP contribution >= 0.6 is 0 Å². The van der Waals surface area contributed by atoms with Crippen LogP contribution < -0.4 is 14.8 Å². The van der Waals surface area contributed by atoms with Crippen LogP contribution in [0.4, 0.5) is 0 Å². The van der Waals surface area contributed by atoms with Crippen LogP contribution in [-0.4, -0.2) is 37.9 Å². The molecule has 1 unspecified atom stereocenters. The van der Waals surface area contributed by atoms with Crippen LogP contribution in [0.15, 0.2) is 18.2 Å². The number of rotatable bonds is 7. The molecule has 0 spiro atoms. The molecule has 106 valence electrons. The molecule has 0 bridgehead atoms. The fourth-order valence-corrected chi connectivity index (χ4v) is 1.61. The highest BCUT2D eigenvalue weighted by Crippen LogP contribution is 2.24. The van der Waals surface area contributed by atoms with Crippen LogP contribution in [0, 0.1) is 0 Å². The first-order valence-corrected chi connectivity index (χ1v) is 6.26. The number of methoxy groups -OCH3 is 2. The molecule has 1 amide bonds. The van der Waals surface area contributed by atoms with Gasteiger partial charge in [0.1, 0.15) is 11.5 Å². The lowest BCUT2D eigenvalue weighted by Crippen LogP contribution is -2.32.